The summed E-state index contributed by atoms with van der Waals surface area (Å²) >= 11 is 0. The Labute approximate surface area is 122 Å². The lowest BCUT2D eigenvalue weighted by molar-refractivity contribution is -0.137. The molecule has 0 aromatic heterocycles. The van der Waals surface area contributed by atoms with E-state index in [-0.39, 0.29) is 24.7 Å². The SMILES string of the molecule is C=CC(=O)Nc1cccc(NC(=O)CCCCC(=O)O)c1. The number of amides is 2. The molecular formula is C15H18N2O4. The second-order valence-corrected chi connectivity index (χ2v) is 4.42. The summed E-state index contributed by atoms with van der Waals surface area (Å²) in [7, 11) is 0. The Balaban J connectivity index is 2.45. The van der Waals surface area contributed by atoms with Crippen molar-refractivity contribution in [3.05, 3.63) is 36.9 Å². The molecule has 1 aromatic rings. The second kappa shape index (κ2) is 8.52. The van der Waals surface area contributed by atoms with Crippen molar-refractivity contribution < 1.29 is 19.5 Å². The number of anilines is 2. The van der Waals surface area contributed by atoms with Gasteiger partial charge in [-0.3, -0.25) is 14.4 Å². The summed E-state index contributed by atoms with van der Waals surface area (Å²) in [5.41, 5.74) is 1.13. The highest BCUT2D eigenvalue weighted by Crippen LogP contribution is 2.15. The molecule has 0 heterocycles. The highest BCUT2D eigenvalue weighted by molar-refractivity contribution is 5.99. The third kappa shape index (κ3) is 6.91. The minimum absolute atomic E-state index is 0.0658. The first-order valence-electron chi connectivity index (χ1n) is 6.56. The Morgan fingerprint density at radius 2 is 1.71 bits per heavy atom. The van der Waals surface area contributed by atoms with Gasteiger partial charge in [0.25, 0.3) is 0 Å². The van der Waals surface area contributed by atoms with Crippen molar-refractivity contribution in [2.45, 2.75) is 25.7 Å². The number of carboxylic acid groups (broad SMARTS) is 1. The Morgan fingerprint density at radius 1 is 1.10 bits per heavy atom. The van der Waals surface area contributed by atoms with Crippen molar-refractivity contribution >= 4 is 29.2 Å². The maximum atomic E-state index is 11.7. The van der Waals surface area contributed by atoms with E-state index in [1.54, 1.807) is 24.3 Å². The van der Waals surface area contributed by atoms with Crippen LogP contribution >= 0.6 is 0 Å². The molecule has 0 unspecified atom stereocenters. The van der Waals surface area contributed by atoms with Crippen LogP contribution in [0.25, 0.3) is 0 Å². The first-order chi connectivity index (χ1) is 10.0. The van der Waals surface area contributed by atoms with Gasteiger partial charge in [-0.15, -0.1) is 0 Å². The molecule has 1 rings (SSSR count). The second-order valence-electron chi connectivity index (χ2n) is 4.42. The van der Waals surface area contributed by atoms with Crippen molar-refractivity contribution in [3.8, 4) is 0 Å². The van der Waals surface area contributed by atoms with E-state index < -0.39 is 5.97 Å². The number of carbonyl (C=O) groups is 3. The molecule has 0 spiro atoms. The van der Waals surface area contributed by atoms with Gasteiger partial charge in [0.05, 0.1) is 0 Å². The number of carboxylic acids is 1. The van der Waals surface area contributed by atoms with Crippen molar-refractivity contribution in [1.29, 1.82) is 0 Å². The Morgan fingerprint density at radius 3 is 2.33 bits per heavy atom. The third-order valence-corrected chi connectivity index (χ3v) is 2.64. The number of benzene rings is 1. The molecule has 0 saturated carbocycles. The molecular weight excluding hydrogens is 272 g/mol. The highest BCUT2D eigenvalue weighted by Gasteiger charge is 2.05. The molecule has 0 atom stereocenters. The minimum Gasteiger partial charge on any atom is -0.481 e. The van der Waals surface area contributed by atoms with Crippen LogP contribution < -0.4 is 10.6 Å². The van der Waals surface area contributed by atoms with Crippen molar-refractivity contribution in [2.75, 3.05) is 10.6 Å². The Hall–Kier alpha value is -2.63. The number of carbonyl (C=O) groups excluding carboxylic acids is 2. The van der Waals surface area contributed by atoms with E-state index in [9.17, 15) is 14.4 Å². The molecule has 6 nitrogen and oxygen atoms in total. The minimum atomic E-state index is -0.860. The van der Waals surface area contributed by atoms with E-state index in [0.29, 0.717) is 24.2 Å². The molecule has 1 aromatic carbocycles. The molecule has 0 bridgehead atoms. The van der Waals surface area contributed by atoms with Crippen LogP contribution in [-0.4, -0.2) is 22.9 Å². The van der Waals surface area contributed by atoms with E-state index >= 15 is 0 Å². The largest absolute Gasteiger partial charge is 0.481 e. The molecule has 112 valence electrons. The Kier molecular flexibility index (Phi) is 6.67. The van der Waals surface area contributed by atoms with Crippen molar-refractivity contribution in [2.24, 2.45) is 0 Å². The number of rotatable bonds is 8. The lowest BCUT2D eigenvalue weighted by Gasteiger charge is -2.07. The highest BCUT2D eigenvalue weighted by atomic mass is 16.4. The average Bonchev–Trinajstić information content (AvgIpc) is 2.43. The van der Waals surface area contributed by atoms with Gasteiger partial charge in [-0.2, -0.15) is 0 Å². The fourth-order valence-corrected chi connectivity index (χ4v) is 1.65. The predicted octanol–water partition coefficient (Wildman–Crippen LogP) is 2.39. The summed E-state index contributed by atoms with van der Waals surface area (Å²) in [5.74, 6) is -1.37. The standard InChI is InChI=1S/C15H18N2O4/c1-2-13(18)16-11-6-5-7-12(10-11)17-14(19)8-3-4-9-15(20)21/h2,5-7,10H,1,3-4,8-9H2,(H,16,18)(H,17,19)(H,20,21). The van der Waals surface area contributed by atoms with Crippen LogP contribution in [0.15, 0.2) is 36.9 Å². The van der Waals surface area contributed by atoms with Gasteiger partial charge in [-0.05, 0) is 37.1 Å². The van der Waals surface area contributed by atoms with Crippen LogP contribution in [-0.2, 0) is 14.4 Å². The van der Waals surface area contributed by atoms with Crippen LogP contribution in [0.3, 0.4) is 0 Å². The number of hydrogen-bond donors (Lipinski definition) is 3. The molecule has 0 radical (unpaired) electrons. The maximum Gasteiger partial charge on any atom is 0.303 e. The topological polar surface area (TPSA) is 95.5 Å². The fraction of sp³-hybridized carbons (Fsp3) is 0.267. The van der Waals surface area contributed by atoms with Crippen LogP contribution in [0.5, 0.6) is 0 Å². The number of hydrogen-bond acceptors (Lipinski definition) is 3. The van der Waals surface area contributed by atoms with Gasteiger partial charge < -0.3 is 15.7 Å². The molecule has 0 aliphatic heterocycles. The lowest BCUT2D eigenvalue weighted by atomic mass is 10.2. The summed E-state index contributed by atoms with van der Waals surface area (Å²) < 4.78 is 0. The number of aliphatic carboxylic acids is 1. The van der Waals surface area contributed by atoms with Crippen LogP contribution in [0, 0.1) is 0 Å². The van der Waals surface area contributed by atoms with E-state index in [1.807, 2.05) is 0 Å². The average molecular weight is 290 g/mol. The number of nitrogens with one attached hydrogen (secondary N) is 2. The van der Waals surface area contributed by atoms with Gasteiger partial charge in [0.2, 0.25) is 11.8 Å². The maximum absolute atomic E-state index is 11.7. The molecule has 2 amide bonds. The lowest BCUT2D eigenvalue weighted by Crippen LogP contribution is -2.12. The zero-order valence-electron chi connectivity index (χ0n) is 11.6. The molecule has 0 saturated heterocycles. The molecule has 0 aliphatic rings. The number of unbranched alkanes of at least 4 members (excludes halogenated alkanes) is 1. The van der Waals surface area contributed by atoms with Gasteiger partial charge in [-0.25, -0.2) is 0 Å². The summed E-state index contributed by atoms with van der Waals surface area (Å²) in [4.78, 5) is 33.2. The van der Waals surface area contributed by atoms with Crippen LogP contribution in [0.1, 0.15) is 25.7 Å². The van der Waals surface area contributed by atoms with E-state index in [0.717, 1.165) is 6.08 Å². The Bertz CT molecular complexity index is 540. The van der Waals surface area contributed by atoms with Gasteiger partial charge in [0.15, 0.2) is 0 Å². The van der Waals surface area contributed by atoms with Gasteiger partial charge in [0, 0.05) is 24.2 Å². The molecule has 3 N–H and O–H groups in total. The third-order valence-electron chi connectivity index (χ3n) is 2.64. The summed E-state index contributed by atoms with van der Waals surface area (Å²) in [6.45, 7) is 3.36. The molecule has 6 heteroatoms. The van der Waals surface area contributed by atoms with Crippen molar-refractivity contribution in [1.82, 2.24) is 0 Å². The zero-order valence-corrected chi connectivity index (χ0v) is 11.6. The zero-order chi connectivity index (χ0) is 15.7. The molecule has 0 aliphatic carbocycles. The molecule has 21 heavy (non-hydrogen) atoms. The predicted molar refractivity (Wildman–Crippen MR) is 80.0 cm³/mol. The summed E-state index contributed by atoms with van der Waals surface area (Å²) in [6, 6.07) is 6.75. The monoisotopic (exact) mass is 290 g/mol. The molecule has 0 fully saturated rings. The first-order valence-corrected chi connectivity index (χ1v) is 6.56. The van der Waals surface area contributed by atoms with Crippen molar-refractivity contribution in [3.63, 3.8) is 0 Å². The normalized spacial score (nSPS) is 9.71. The smallest absolute Gasteiger partial charge is 0.303 e. The summed E-state index contributed by atoms with van der Waals surface area (Å²) in [6.07, 6.45) is 2.48. The van der Waals surface area contributed by atoms with Gasteiger partial charge in [-0.1, -0.05) is 12.6 Å². The summed E-state index contributed by atoms with van der Waals surface area (Å²) in [5, 5.41) is 13.8. The quantitative estimate of drug-likeness (QED) is 0.506. The van der Waals surface area contributed by atoms with Gasteiger partial charge >= 0.3 is 5.97 Å². The van der Waals surface area contributed by atoms with Crippen LogP contribution in [0.2, 0.25) is 0 Å². The van der Waals surface area contributed by atoms with E-state index in [2.05, 4.69) is 17.2 Å². The van der Waals surface area contributed by atoms with E-state index in [1.165, 1.54) is 0 Å². The van der Waals surface area contributed by atoms with E-state index in [4.69, 9.17) is 5.11 Å². The first kappa shape index (κ1) is 16.4. The fourth-order valence-electron chi connectivity index (χ4n) is 1.65. The van der Waals surface area contributed by atoms with Crippen LogP contribution in [0.4, 0.5) is 11.4 Å². The van der Waals surface area contributed by atoms with Gasteiger partial charge in [0.1, 0.15) is 0 Å².